The van der Waals surface area contributed by atoms with E-state index in [0.717, 1.165) is 5.75 Å². The molecule has 5 heteroatoms. The molecule has 70 valence electrons. The summed E-state index contributed by atoms with van der Waals surface area (Å²) in [7, 11) is 0. The summed E-state index contributed by atoms with van der Waals surface area (Å²) in [4.78, 5) is 18.5. The molecular weight excluding hydrogens is 188 g/mol. The molecule has 0 radical (unpaired) electrons. The van der Waals surface area contributed by atoms with E-state index in [2.05, 4.69) is 9.97 Å². The zero-order chi connectivity index (χ0) is 9.84. The summed E-state index contributed by atoms with van der Waals surface area (Å²) in [6, 6.07) is 1.49. The molecule has 1 N–H and O–H groups in total. The Kier molecular flexibility index (Phi) is 3.25. The van der Waals surface area contributed by atoms with Crippen LogP contribution in [0.2, 0.25) is 0 Å². The van der Waals surface area contributed by atoms with Crippen molar-refractivity contribution in [1.82, 2.24) is 9.97 Å². The smallest absolute Gasteiger partial charge is 0.354 e. The van der Waals surface area contributed by atoms with Gasteiger partial charge in [-0.2, -0.15) is 0 Å². The standard InChI is InChI=1S/C8H10N2O2S/c1-3-13-7-4-6(8(11)12)9-5(2)10-7/h4H,3H2,1-2H3,(H,11,12). The van der Waals surface area contributed by atoms with E-state index in [1.54, 1.807) is 6.92 Å². The molecule has 13 heavy (non-hydrogen) atoms. The molecule has 0 unspecified atom stereocenters. The molecule has 0 spiro atoms. The minimum absolute atomic E-state index is 0.0588. The molecule has 1 aromatic heterocycles. The molecule has 0 aliphatic carbocycles. The van der Waals surface area contributed by atoms with E-state index in [4.69, 9.17) is 5.11 Å². The van der Waals surface area contributed by atoms with E-state index in [0.29, 0.717) is 10.9 Å². The van der Waals surface area contributed by atoms with Crippen LogP contribution >= 0.6 is 11.8 Å². The van der Waals surface area contributed by atoms with Crippen LogP contribution < -0.4 is 0 Å². The van der Waals surface area contributed by atoms with Gasteiger partial charge in [-0.1, -0.05) is 6.92 Å². The first kappa shape index (κ1) is 9.98. The van der Waals surface area contributed by atoms with Crippen LogP contribution in [0.4, 0.5) is 0 Å². The Labute approximate surface area is 80.4 Å². The summed E-state index contributed by atoms with van der Waals surface area (Å²) in [6.07, 6.45) is 0. The molecule has 0 aliphatic rings. The second kappa shape index (κ2) is 4.23. The van der Waals surface area contributed by atoms with E-state index < -0.39 is 5.97 Å². The largest absolute Gasteiger partial charge is 0.477 e. The average Bonchev–Trinajstić information content (AvgIpc) is 2.03. The van der Waals surface area contributed by atoms with Crippen LogP contribution in [-0.4, -0.2) is 26.8 Å². The Morgan fingerprint density at radius 1 is 1.62 bits per heavy atom. The highest BCUT2D eigenvalue weighted by atomic mass is 32.2. The van der Waals surface area contributed by atoms with Gasteiger partial charge in [-0.05, 0) is 12.7 Å². The molecule has 0 saturated heterocycles. The first-order valence-electron chi connectivity index (χ1n) is 3.85. The van der Waals surface area contributed by atoms with Gasteiger partial charge in [-0.3, -0.25) is 0 Å². The van der Waals surface area contributed by atoms with Gasteiger partial charge in [0.25, 0.3) is 0 Å². The second-order valence-corrected chi connectivity index (χ2v) is 3.66. The molecule has 0 aliphatic heterocycles. The lowest BCUT2D eigenvalue weighted by Crippen LogP contribution is -2.03. The highest BCUT2D eigenvalue weighted by molar-refractivity contribution is 7.99. The fourth-order valence-corrected chi connectivity index (χ4v) is 1.56. The maximum atomic E-state index is 10.6. The Morgan fingerprint density at radius 2 is 2.31 bits per heavy atom. The third-order valence-corrected chi connectivity index (χ3v) is 2.12. The molecule has 4 nitrogen and oxygen atoms in total. The quantitative estimate of drug-likeness (QED) is 0.590. The van der Waals surface area contributed by atoms with Gasteiger partial charge in [0.05, 0.1) is 0 Å². The fourth-order valence-electron chi connectivity index (χ4n) is 0.872. The van der Waals surface area contributed by atoms with Crippen LogP contribution in [0.25, 0.3) is 0 Å². The van der Waals surface area contributed by atoms with Gasteiger partial charge in [-0.25, -0.2) is 14.8 Å². The molecular formula is C8H10N2O2S. The van der Waals surface area contributed by atoms with E-state index in [1.807, 2.05) is 6.92 Å². The highest BCUT2D eigenvalue weighted by Crippen LogP contribution is 2.15. The van der Waals surface area contributed by atoms with Crippen molar-refractivity contribution in [3.63, 3.8) is 0 Å². The van der Waals surface area contributed by atoms with Crippen molar-refractivity contribution in [3.05, 3.63) is 17.6 Å². The van der Waals surface area contributed by atoms with Gasteiger partial charge >= 0.3 is 5.97 Å². The van der Waals surface area contributed by atoms with Crippen molar-refractivity contribution >= 4 is 17.7 Å². The molecule has 0 amide bonds. The number of carboxylic acid groups (broad SMARTS) is 1. The Morgan fingerprint density at radius 3 is 2.85 bits per heavy atom. The summed E-state index contributed by atoms with van der Waals surface area (Å²) in [6.45, 7) is 3.68. The van der Waals surface area contributed by atoms with Crippen molar-refractivity contribution in [2.24, 2.45) is 0 Å². The summed E-state index contributed by atoms with van der Waals surface area (Å²) in [5.74, 6) is 0.356. The molecule has 1 aromatic rings. The van der Waals surface area contributed by atoms with Crippen molar-refractivity contribution in [1.29, 1.82) is 0 Å². The second-order valence-electron chi connectivity index (χ2n) is 2.38. The van der Waals surface area contributed by atoms with Gasteiger partial charge in [-0.15, -0.1) is 11.8 Å². The number of rotatable bonds is 3. The number of hydrogen-bond acceptors (Lipinski definition) is 4. The lowest BCUT2D eigenvalue weighted by Gasteiger charge is -2.00. The topological polar surface area (TPSA) is 63.1 Å². The van der Waals surface area contributed by atoms with E-state index in [-0.39, 0.29) is 5.69 Å². The number of aromatic carboxylic acids is 1. The zero-order valence-electron chi connectivity index (χ0n) is 7.44. The van der Waals surface area contributed by atoms with Crippen molar-refractivity contribution < 1.29 is 9.90 Å². The lowest BCUT2D eigenvalue weighted by molar-refractivity contribution is 0.0689. The number of carboxylic acids is 1. The van der Waals surface area contributed by atoms with Gasteiger partial charge in [0.2, 0.25) is 0 Å². The predicted molar refractivity (Wildman–Crippen MR) is 50.1 cm³/mol. The third-order valence-electron chi connectivity index (χ3n) is 1.33. The number of aryl methyl sites for hydroxylation is 1. The van der Waals surface area contributed by atoms with Crippen LogP contribution in [0.5, 0.6) is 0 Å². The number of nitrogens with zero attached hydrogens (tertiary/aromatic N) is 2. The molecule has 0 saturated carbocycles. The summed E-state index contributed by atoms with van der Waals surface area (Å²) >= 11 is 1.51. The molecule has 0 bridgehead atoms. The summed E-state index contributed by atoms with van der Waals surface area (Å²) < 4.78 is 0. The maximum absolute atomic E-state index is 10.6. The summed E-state index contributed by atoms with van der Waals surface area (Å²) in [5.41, 5.74) is 0.0588. The molecule has 0 aromatic carbocycles. The minimum Gasteiger partial charge on any atom is -0.477 e. The van der Waals surface area contributed by atoms with Crippen LogP contribution in [0.1, 0.15) is 23.2 Å². The van der Waals surface area contributed by atoms with Crippen molar-refractivity contribution in [3.8, 4) is 0 Å². The molecule has 0 fully saturated rings. The first-order chi connectivity index (χ1) is 6.13. The van der Waals surface area contributed by atoms with Crippen molar-refractivity contribution in [2.75, 3.05) is 5.75 Å². The van der Waals surface area contributed by atoms with E-state index in [9.17, 15) is 4.79 Å². The molecule has 0 atom stereocenters. The van der Waals surface area contributed by atoms with Crippen LogP contribution in [-0.2, 0) is 0 Å². The predicted octanol–water partition coefficient (Wildman–Crippen LogP) is 1.60. The van der Waals surface area contributed by atoms with E-state index in [1.165, 1.54) is 17.8 Å². The Hall–Kier alpha value is -1.10. The Balaban J connectivity index is 3.03. The number of thioether (sulfide) groups is 1. The van der Waals surface area contributed by atoms with Crippen LogP contribution in [0.3, 0.4) is 0 Å². The van der Waals surface area contributed by atoms with Crippen LogP contribution in [0, 0.1) is 6.92 Å². The average molecular weight is 198 g/mol. The van der Waals surface area contributed by atoms with Crippen LogP contribution in [0.15, 0.2) is 11.1 Å². The minimum atomic E-state index is -1.01. The maximum Gasteiger partial charge on any atom is 0.354 e. The molecule has 1 heterocycles. The lowest BCUT2D eigenvalue weighted by atomic mass is 10.4. The van der Waals surface area contributed by atoms with Crippen molar-refractivity contribution in [2.45, 2.75) is 18.9 Å². The van der Waals surface area contributed by atoms with Gasteiger partial charge in [0, 0.05) is 6.07 Å². The SMILES string of the molecule is CCSc1cc(C(=O)O)nc(C)n1. The molecule has 1 rings (SSSR count). The monoisotopic (exact) mass is 198 g/mol. The number of aromatic nitrogens is 2. The van der Waals surface area contributed by atoms with Gasteiger partial charge in [0.15, 0.2) is 5.69 Å². The van der Waals surface area contributed by atoms with Gasteiger partial charge < -0.3 is 5.11 Å². The van der Waals surface area contributed by atoms with Gasteiger partial charge in [0.1, 0.15) is 10.9 Å². The van der Waals surface area contributed by atoms with E-state index >= 15 is 0 Å². The first-order valence-corrected chi connectivity index (χ1v) is 4.84. The number of hydrogen-bond donors (Lipinski definition) is 1. The normalized spacial score (nSPS) is 10.0. The highest BCUT2D eigenvalue weighted by Gasteiger charge is 2.07. The third kappa shape index (κ3) is 2.69. The number of carbonyl (C=O) groups is 1. The Bertz CT molecular complexity index is 328. The summed E-state index contributed by atoms with van der Waals surface area (Å²) in [5, 5.41) is 9.42. The zero-order valence-corrected chi connectivity index (χ0v) is 8.26. The fraction of sp³-hybridized carbons (Fsp3) is 0.375.